The molecule has 0 aliphatic rings. The topological polar surface area (TPSA) is 44.1 Å². The first-order valence-electron chi connectivity index (χ1n) is 9.28. The summed E-state index contributed by atoms with van der Waals surface area (Å²) in [5.74, 6) is 3.77. The van der Waals surface area contributed by atoms with E-state index in [1.54, 1.807) is 30.5 Å². The van der Waals surface area contributed by atoms with E-state index >= 15 is 0 Å². The fraction of sp³-hybridized carbons (Fsp3) is 0.0400. The highest BCUT2D eigenvalue weighted by Gasteiger charge is 2.21. The van der Waals surface area contributed by atoms with Gasteiger partial charge in [-0.25, -0.2) is 4.68 Å². The van der Waals surface area contributed by atoms with Gasteiger partial charge in [0.2, 0.25) is 5.78 Å². The molecule has 3 aromatic carbocycles. The Morgan fingerprint density at radius 3 is 2.47 bits per heavy atom. The maximum Gasteiger partial charge on any atom is 0.211 e. The summed E-state index contributed by atoms with van der Waals surface area (Å²) in [5, 5.41) is 4.91. The van der Waals surface area contributed by atoms with Gasteiger partial charge < -0.3 is 4.74 Å². The van der Waals surface area contributed by atoms with Gasteiger partial charge in [-0.05, 0) is 54.1 Å². The van der Waals surface area contributed by atoms with Gasteiger partial charge in [0, 0.05) is 16.1 Å². The van der Waals surface area contributed by atoms with Crippen molar-refractivity contribution < 1.29 is 9.53 Å². The average Bonchev–Trinajstić information content (AvgIpc) is 3.19. The van der Waals surface area contributed by atoms with E-state index in [0.717, 1.165) is 11.3 Å². The third kappa shape index (κ3) is 4.12. The van der Waals surface area contributed by atoms with Gasteiger partial charge in [0.25, 0.3) is 0 Å². The number of aromatic nitrogens is 2. The van der Waals surface area contributed by atoms with Crippen molar-refractivity contribution in [1.29, 1.82) is 0 Å². The van der Waals surface area contributed by atoms with Crippen molar-refractivity contribution in [3.05, 3.63) is 101 Å². The van der Waals surface area contributed by atoms with E-state index in [4.69, 9.17) is 22.8 Å². The molecule has 1 aromatic heterocycles. The first-order chi connectivity index (χ1) is 14.7. The first-order valence-corrected chi connectivity index (χ1v) is 9.66. The molecule has 0 radical (unpaired) electrons. The molecule has 0 atom stereocenters. The van der Waals surface area contributed by atoms with Crippen LogP contribution in [0, 0.1) is 12.3 Å². The molecule has 0 amide bonds. The number of ether oxygens (including phenoxy) is 1. The van der Waals surface area contributed by atoms with Crippen LogP contribution in [0.1, 0.15) is 16.1 Å². The van der Waals surface area contributed by atoms with Gasteiger partial charge in [-0.15, -0.1) is 6.42 Å². The van der Waals surface area contributed by atoms with Crippen LogP contribution in [-0.2, 0) is 6.54 Å². The Kier molecular flexibility index (Phi) is 5.65. The summed E-state index contributed by atoms with van der Waals surface area (Å²) in [7, 11) is 0. The van der Waals surface area contributed by atoms with E-state index in [-0.39, 0.29) is 12.3 Å². The second-order valence-electron chi connectivity index (χ2n) is 6.55. The minimum absolute atomic E-state index is 0.177. The van der Waals surface area contributed by atoms with Crippen LogP contribution in [0.4, 0.5) is 0 Å². The predicted octanol–water partition coefficient (Wildman–Crippen LogP) is 5.86. The number of terminal acetylenes is 1. The molecule has 0 aliphatic heterocycles. The van der Waals surface area contributed by atoms with Crippen LogP contribution in [0.15, 0.2) is 85.1 Å². The first kappa shape index (κ1) is 19.5. The molecule has 0 unspecified atom stereocenters. The number of rotatable bonds is 6. The Labute approximate surface area is 179 Å². The number of nitrogens with zero attached hydrogens (tertiary/aromatic N) is 2. The number of ketones is 1. The van der Waals surface area contributed by atoms with Crippen molar-refractivity contribution in [2.45, 2.75) is 6.54 Å². The lowest BCUT2D eigenvalue weighted by atomic mass is 10.00. The van der Waals surface area contributed by atoms with Crippen molar-refractivity contribution in [3.8, 4) is 35.0 Å². The number of benzene rings is 3. The van der Waals surface area contributed by atoms with Crippen molar-refractivity contribution in [3.63, 3.8) is 0 Å². The highest BCUT2D eigenvalue weighted by molar-refractivity contribution is 6.30. The second kappa shape index (κ2) is 8.69. The number of para-hydroxylation sites is 1. The number of halogens is 1. The SMILES string of the molecule is C#CCn1ncc(-c2cccc(Oc3ccccc3)c2)c1C(=O)c1ccc(Cl)cc1. The van der Waals surface area contributed by atoms with E-state index in [0.29, 0.717) is 27.6 Å². The van der Waals surface area contributed by atoms with Gasteiger partial charge in [-0.2, -0.15) is 5.10 Å². The van der Waals surface area contributed by atoms with Crippen LogP contribution >= 0.6 is 11.6 Å². The number of carbonyl (C=O) groups excluding carboxylic acids is 1. The van der Waals surface area contributed by atoms with Crippen molar-refractivity contribution >= 4 is 17.4 Å². The second-order valence-corrected chi connectivity index (χ2v) is 6.98. The molecular formula is C25H17ClN2O2. The minimum Gasteiger partial charge on any atom is -0.457 e. The molecule has 5 heteroatoms. The summed E-state index contributed by atoms with van der Waals surface area (Å²) in [6, 6.07) is 23.8. The molecule has 4 rings (SSSR count). The van der Waals surface area contributed by atoms with Crippen LogP contribution in [0.5, 0.6) is 11.5 Å². The minimum atomic E-state index is -0.177. The van der Waals surface area contributed by atoms with Crippen LogP contribution in [0.25, 0.3) is 11.1 Å². The fourth-order valence-electron chi connectivity index (χ4n) is 3.13. The van der Waals surface area contributed by atoms with Crippen LogP contribution in [0.2, 0.25) is 5.02 Å². The molecule has 0 fully saturated rings. The number of hydrogen-bond donors (Lipinski definition) is 0. The normalized spacial score (nSPS) is 10.4. The molecule has 30 heavy (non-hydrogen) atoms. The molecule has 0 saturated heterocycles. The molecule has 0 N–H and O–H groups in total. The Hall–Kier alpha value is -3.81. The predicted molar refractivity (Wildman–Crippen MR) is 118 cm³/mol. The lowest BCUT2D eigenvalue weighted by Gasteiger charge is -2.10. The summed E-state index contributed by atoms with van der Waals surface area (Å²) in [6.07, 6.45) is 7.14. The highest BCUT2D eigenvalue weighted by Crippen LogP contribution is 2.30. The molecule has 0 aliphatic carbocycles. The zero-order chi connectivity index (χ0) is 20.9. The Bertz CT molecular complexity index is 1220. The molecule has 146 valence electrons. The zero-order valence-corrected chi connectivity index (χ0v) is 16.7. The Morgan fingerprint density at radius 2 is 1.73 bits per heavy atom. The fourth-order valence-corrected chi connectivity index (χ4v) is 3.26. The molecular weight excluding hydrogens is 396 g/mol. The van der Waals surface area contributed by atoms with Gasteiger partial charge in [-0.3, -0.25) is 4.79 Å². The monoisotopic (exact) mass is 412 g/mol. The number of carbonyl (C=O) groups is 1. The summed E-state index contributed by atoms with van der Waals surface area (Å²) >= 11 is 5.96. The van der Waals surface area contributed by atoms with E-state index in [2.05, 4.69) is 11.0 Å². The quantitative estimate of drug-likeness (QED) is 0.294. The summed E-state index contributed by atoms with van der Waals surface area (Å²) in [4.78, 5) is 13.3. The lowest BCUT2D eigenvalue weighted by Crippen LogP contribution is -2.12. The van der Waals surface area contributed by atoms with E-state index in [1.165, 1.54) is 4.68 Å². The van der Waals surface area contributed by atoms with Gasteiger partial charge in [-0.1, -0.05) is 47.9 Å². The third-order valence-corrected chi connectivity index (χ3v) is 4.78. The van der Waals surface area contributed by atoms with Gasteiger partial charge in [0.15, 0.2) is 0 Å². The van der Waals surface area contributed by atoms with Crippen molar-refractivity contribution in [1.82, 2.24) is 9.78 Å². The van der Waals surface area contributed by atoms with Crippen LogP contribution < -0.4 is 4.74 Å². The van der Waals surface area contributed by atoms with Crippen LogP contribution in [-0.4, -0.2) is 15.6 Å². The summed E-state index contributed by atoms with van der Waals surface area (Å²) in [6.45, 7) is 0.189. The summed E-state index contributed by atoms with van der Waals surface area (Å²) in [5.41, 5.74) is 2.43. The highest BCUT2D eigenvalue weighted by atomic mass is 35.5. The molecule has 0 saturated carbocycles. The van der Waals surface area contributed by atoms with Gasteiger partial charge in [0.05, 0.1) is 6.20 Å². The summed E-state index contributed by atoms with van der Waals surface area (Å²) < 4.78 is 7.47. The van der Waals surface area contributed by atoms with Crippen molar-refractivity contribution in [2.75, 3.05) is 0 Å². The van der Waals surface area contributed by atoms with Gasteiger partial charge >= 0.3 is 0 Å². The van der Waals surface area contributed by atoms with Crippen molar-refractivity contribution in [2.24, 2.45) is 0 Å². The third-order valence-electron chi connectivity index (χ3n) is 4.53. The lowest BCUT2D eigenvalue weighted by molar-refractivity contribution is 0.103. The molecule has 0 spiro atoms. The smallest absolute Gasteiger partial charge is 0.211 e. The Morgan fingerprint density at radius 1 is 1.00 bits per heavy atom. The number of hydrogen-bond acceptors (Lipinski definition) is 3. The Balaban J connectivity index is 1.74. The van der Waals surface area contributed by atoms with E-state index in [1.807, 2.05) is 54.6 Å². The van der Waals surface area contributed by atoms with E-state index < -0.39 is 0 Å². The molecule has 4 aromatic rings. The average molecular weight is 413 g/mol. The largest absolute Gasteiger partial charge is 0.457 e. The molecule has 1 heterocycles. The zero-order valence-electron chi connectivity index (χ0n) is 16.0. The van der Waals surface area contributed by atoms with Crippen LogP contribution in [0.3, 0.4) is 0 Å². The molecule has 0 bridgehead atoms. The molecule has 4 nitrogen and oxygen atoms in total. The van der Waals surface area contributed by atoms with E-state index in [9.17, 15) is 4.79 Å². The van der Waals surface area contributed by atoms with Gasteiger partial charge in [0.1, 0.15) is 23.7 Å². The standard InChI is InChI=1S/C25H17ClN2O2/c1-2-15-28-24(25(29)18-11-13-20(26)14-12-18)23(17-27-28)19-7-6-10-22(16-19)30-21-8-4-3-5-9-21/h1,3-14,16-17H,15H2. The maximum absolute atomic E-state index is 13.3. The maximum atomic E-state index is 13.3.